The van der Waals surface area contributed by atoms with Crippen LogP contribution in [0.3, 0.4) is 0 Å². The van der Waals surface area contributed by atoms with Crippen LogP contribution in [0, 0.1) is 13.8 Å². The minimum absolute atomic E-state index is 0.0555. The largest absolute Gasteiger partial charge is 0.240 e. The number of rotatable bonds is 4. The molecule has 2 aromatic rings. The second-order valence-electron chi connectivity index (χ2n) is 5.24. The first-order chi connectivity index (χ1) is 10.6. The number of aryl methyl sites for hydroxylation is 2. The van der Waals surface area contributed by atoms with E-state index in [1.807, 2.05) is 38.1 Å². The summed E-state index contributed by atoms with van der Waals surface area (Å²) in [6.07, 6.45) is 3.08. The Hall–Kier alpha value is -2.80. The van der Waals surface area contributed by atoms with Crippen molar-refractivity contribution in [2.24, 2.45) is 9.98 Å². The molecule has 0 aromatic heterocycles. The van der Waals surface area contributed by atoms with Crippen molar-refractivity contribution in [2.75, 3.05) is 0 Å². The second-order valence-corrected chi connectivity index (χ2v) is 5.24. The summed E-state index contributed by atoms with van der Waals surface area (Å²) in [5, 5.41) is 0. The average Bonchev–Trinajstić information content (AvgIpc) is 2.50. The zero-order valence-electron chi connectivity index (χ0n) is 12.8. The molecule has 2 rings (SSSR count). The number of nitrogens with zero attached hydrogens (tertiary/aromatic N) is 2. The summed E-state index contributed by atoms with van der Waals surface area (Å²) in [6, 6.07) is 11.7. The molecule has 2 aromatic carbocycles. The lowest BCUT2D eigenvalue weighted by Gasteiger charge is -2.16. The SMILES string of the molecule is Cc1cccc(C(C)c2cc(C)c(N=C=O)cc2N=C=O)c1. The number of aliphatic imine (C=N–C) groups is 2. The molecule has 0 saturated carbocycles. The van der Waals surface area contributed by atoms with Crippen molar-refractivity contribution < 1.29 is 9.59 Å². The molecule has 0 bridgehead atoms. The molecule has 0 saturated heterocycles. The van der Waals surface area contributed by atoms with E-state index in [1.165, 1.54) is 11.6 Å². The fraction of sp³-hybridized carbons (Fsp3) is 0.222. The smallest absolute Gasteiger partial charge is 0.211 e. The Morgan fingerprint density at radius 3 is 2.27 bits per heavy atom. The van der Waals surface area contributed by atoms with Gasteiger partial charge in [-0.2, -0.15) is 9.98 Å². The fourth-order valence-corrected chi connectivity index (χ4v) is 2.49. The quantitative estimate of drug-likeness (QED) is 0.619. The van der Waals surface area contributed by atoms with Gasteiger partial charge in [0.25, 0.3) is 0 Å². The van der Waals surface area contributed by atoms with Gasteiger partial charge in [-0.3, -0.25) is 0 Å². The topological polar surface area (TPSA) is 58.9 Å². The third kappa shape index (κ3) is 3.26. The maximum Gasteiger partial charge on any atom is 0.240 e. The van der Waals surface area contributed by atoms with Gasteiger partial charge in [-0.15, -0.1) is 0 Å². The van der Waals surface area contributed by atoms with E-state index in [4.69, 9.17) is 0 Å². The molecule has 1 atom stereocenters. The van der Waals surface area contributed by atoms with Gasteiger partial charge in [0.1, 0.15) is 0 Å². The van der Waals surface area contributed by atoms with Crippen LogP contribution in [-0.4, -0.2) is 12.2 Å². The van der Waals surface area contributed by atoms with Crippen molar-refractivity contribution in [1.29, 1.82) is 0 Å². The Balaban J connectivity index is 2.60. The van der Waals surface area contributed by atoms with Gasteiger partial charge >= 0.3 is 0 Å². The van der Waals surface area contributed by atoms with Gasteiger partial charge in [-0.05, 0) is 36.6 Å². The number of isocyanates is 2. The molecule has 0 aliphatic carbocycles. The van der Waals surface area contributed by atoms with Crippen LogP contribution in [0.2, 0.25) is 0 Å². The Morgan fingerprint density at radius 2 is 1.64 bits per heavy atom. The molecule has 0 heterocycles. The number of hydrogen-bond donors (Lipinski definition) is 0. The maximum absolute atomic E-state index is 10.7. The Morgan fingerprint density at radius 1 is 0.955 bits per heavy atom. The highest BCUT2D eigenvalue weighted by Crippen LogP contribution is 2.36. The molecule has 0 aliphatic rings. The van der Waals surface area contributed by atoms with Crippen LogP contribution in [0.5, 0.6) is 0 Å². The van der Waals surface area contributed by atoms with Gasteiger partial charge < -0.3 is 0 Å². The number of carbonyl (C=O) groups excluding carboxylic acids is 2. The first kappa shape index (κ1) is 15.6. The number of hydrogen-bond acceptors (Lipinski definition) is 4. The highest BCUT2D eigenvalue weighted by atomic mass is 16.1. The van der Waals surface area contributed by atoms with E-state index in [1.54, 1.807) is 12.1 Å². The monoisotopic (exact) mass is 292 g/mol. The molecule has 0 N–H and O–H groups in total. The van der Waals surface area contributed by atoms with Gasteiger partial charge in [0.05, 0.1) is 11.4 Å². The molecule has 4 nitrogen and oxygen atoms in total. The van der Waals surface area contributed by atoms with E-state index < -0.39 is 0 Å². The van der Waals surface area contributed by atoms with Crippen molar-refractivity contribution in [3.05, 3.63) is 58.7 Å². The van der Waals surface area contributed by atoms with Gasteiger partial charge in [0.2, 0.25) is 12.2 Å². The lowest BCUT2D eigenvalue weighted by Crippen LogP contribution is -1.98. The minimum atomic E-state index is 0.0555. The highest BCUT2D eigenvalue weighted by molar-refractivity contribution is 5.66. The van der Waals surface area contributed by atoms with Crippen molar-refractivity contribution in [3.8, 4) is 0 Å². The van der Waals surface area contributed by atoms with Gasteiger partial charge in [0, 0.05) is 5.92 Å². The first-order valence-electron chi connectivity index (χ1n) is 6.93. The molecule has 0 radical (unpaired) electrons. The van der Waals surface area contributed by atoms with Crippen LogP contribution in [0.15, 0.2) is 46.4 Å². The molecule has 0 aliphatic heterocycles. The van der Waals surface area contributed by atoms with Crippen LogP contribution in [-0.2, 0) is 9.59 Å². The van der Waals surface area contributed by atoms with E-state index in [0.717, 1.165) is 16.7 Å². The van der Waals surface area contributed by atoms with E-state index >= 15 is 0 Å². The predicted molar refractivity (Wildman–Crippen MR) is 85.4 cm³/mol. The first-order valence-corrected chi connectivity index (χ1v) is 6.93. The zero-order chi connectivity index (χ0) is 16.1. The maximum atomic E-state index is 10.7. The van der Waals surface area contributed by atoms with E-state index in [0.29, 0.717) is 11.4 Å². The van der Waals surface area contributed by atoms with Crippen LogP contribution in [0.1, 0.15) is 35.1 Å². The normalized spacial score (nSPS) is 11.2. The third-order valence-electron chi connectivity index (χ3n) is 3.69. The third-order valence-corrected chi connectivity index (χ3v) is 3.69. The fourth-order valence-electron chi connectivity index (χ4n) is 2.49. The summed E-state index contributed by atoms with van der Waals surface area (Å²) in [5.41, 5.74) is 4.98. The van der Waals surface area contributed by atoms with E-state index in [-0.39, 0.29) is 5.92 Å². The molecule has 0 spiro atoms. The Kier molecular flexibility index (Phi) is 4.80. The molecule has 0 amide bonds. The molecule has 110 valence electrons. The summed E-state index contributed by atoms with van der Waals surface area (Å²) in [4.78, 5) is 28.6. The molecule has 0 fully saturated rings. The van der Waals surface area contributed by atoms with Crippen LogP contribution in [0.4, 0.5) is 11.4 Å². The standard InChI is InChI=1S/C18H16N2O2/c1-12-5-4-6-15(7-12)14(3)16-8-13(2)17(19-10-21)9-18(16)20-11-22/h4-9,14H,1-3H3. The Bertz CT molecular complexity index is 799. The second kappa shape index (κ2) is 6.77. The molecular weight excluding hydrogens is 276 g/mol. The van der Waals surface area contributed by atoms with Crippen molar-refractivity contribution in [3.63, 3.8) is 0 Å². The van der Waals surface area contributed by atoms with E-state index in [2.05, 4.69) is 23.0 Å². The summed E-state index contributed by atoms with van der Waals surface area (Å²) in [5.74, 6) is 0.0555. The summed E-state index contributed by atoms with van der Waals surface area (Å²) < 4.78 is 0. The number of benzene rings is 2. The Labute approximate surface area is 129 Å². The van der Waals surface area contributed by atoms with Crippen LogP contribution < -0.4 is 0 Å². The lowest BCUT2D eigenvalue weighted by atomic mass is 9.89. The van der Waals surface area contributed by atoms with E-state index in [9.17, 15) is 9.59 Å². The van der Waals surface area contributed by atoms with Crippen LogP contribution in [0.25, 0.3) is 0 Å². The predicted octanol–water partition coefficient (Wildman–Crippen LogP) is 4.39. The van der Waals surface area contributed by atoms with Crippen LogP contribution >= 0.6 is 0 Å². The van der Waals surface area contributed by atoms with Crippen molar-refractivity contribution in [2.45, 2.75) is 26.7 Å². The summed E-state index contributed by atoms with van der Waals surface area (Å²) in [7, 11) is 0. The molecule has 22 heavy (non-hydrogen) atoms. The van der Waals surface area contributed by atoms with Gasteiger partial charge in [0.15, 0.2) is 0 Å². The minimum Gasteiger partial charge on any atom is -0.211 e. The molecular formula is C18H16N2O2. The molecule has 4 heteroatoms. The zero-order valence-corrected chi connectivity index (χ0v) is 12.8. The highest BCUT2D eigenvalue weighted by Gasteiger charge is 2.15. The average molecular weight is 292 g/mol. The summed E-state index contributed by atoms with van der Waals surface area (Å²) in [6.45, 7) is 5.95. The van der Waals surface area contributed by atoms with Crippen molar-refractivity contribution >= 4 is 23.5 Å². The van der Waals surface area contributed by atoms with Crippen molar-refractivity contribution in [1.82, 2.24) is 0 Å². The molecule has 1 unspecified atom stereocenters. The van der Waals surface area contributed by atoms with Gasteiger partial charge in [-0.25, -0.2) is 9.59 Å². The lowest BCUT2D eigenvalue weighted by molar-refractivity contribution is 0.564. The summed E-state index contributed by atoms with van der Waals surface area (Å²) >= 11 is 0. The van der Waals surface area contributed by atoms with Gasteiger partial charge in [-0.1, -0.05) is 42.8 Å².